The van der Waals surface area contributed by atoms with E-state index in [0.717, 1.165) is 30.0 Å². The molecule has 2 fully saturated rings. The number of fused-ring (bicyclic) bond motifs is 2. The number of likely N-dealkylation sites (tertiary alicyclic amines) is 2. The van der Waals surface area contributed by atoms with E-state index < -0.39 is 0 Å². The number of amides is 2. The first-order valence-electron chi connectivity index (χ1n) is 12.2. The van der Waals surface area contributed by atoms with E-state index in [0.29, 0.717) is 60.4 Å². The zero-order valence-corrected chi connectivity index (χ0v) is 20.4. The molecule has 0 radical (unpaired) electrons. The Labute approximate surface area is 208 Å². The predicted octanol–water partition coefficient (Wildman–Crippen LogP) is 4.96. The van der Waals surface area contributed by atoms with Crippen molar-refractivity contribution in [2.45, 2.75) is 19.3 Å². The molecular formula is C28H28N2O6. The van der Waals surface area contributed by atoms with Crippen molar-refractivity contribution < 1.29 is 27.9 Å². The largest absolute Gasteiger partial charge is 0.493 e. The van der Waals surface area contributed by atoms with Crippen LogP contribution in [0.15, 0.2) is 57.4 Å². The highest BCUT2D eigenvalue weighted by atomic mass is 16.5. The van der Waals surface area contributed by atoms with Gasteiger partial charge in [0.05, 0.1) is 14.2 Å². The number of carbonyl (C=O) groups is 2. The molecule has 0 N–H and O–H groups in total. The summed E-state index contributed by atoms with van der Waals surface area (Å²) in [7, 11) is 3.18. The Hall–Kier alpha value is -3.94. The summed E-state index contributed by atoms with van der Waals surface area (Å²) in [5.74, 6) is 1.69. The Morgan fingerprint density at radius 2 is 1.22 bits per heavy atom. The molecule has 0 atom stereocenters. The Balaban J connectivity index is 1.12. The van der Waals surface area contributed by atoms with Crippen LogP contribution >= 0.6 is 0 Å². The van der Waals surface area contributed by atoms with Gasteiger partial charge in [-0.3, -0.25) is 9.59 Å². The molecule has 2 aromatic heterocycles. The Morgan fingerprint density at radius 3 is 1.72 bits per heavy atom. The maximum Gasteiger partial charge on any atom is 0.289 e. The van der Waals surface area contributed by atoms with Gasteiger partial charge in [-0.05, 0) is 48.9 Å². The van der Waals surface area contributed by atoms with Crippen molar-refractivity contribution in [3.63, 3.8) is 0 Å². The van der Waals surface area contributed by atoms with E-state index in [-0.39, 0.29) is 17.2 Å². The number of nitrogens with zero attached hydrogens (tertiary/aromatic N) is 2. The molecule has 8 nitrogen and oxygen atoms in total. The van der Waals surface area contributed by atoms with Crippen LogP contribution in [-0.2, 0) is 0 Å². The molecule has 0 aliphatic carbocycles. The molecule has 2 saturated heterocycles. The summed E-state index contributed by atoms with van der Waals surface area (Å²) in [5, 5.41) is 1.70. The first-order chi connectivity index (χ1) is 17.5. The van der Waals surface area contributed by atoms with Crippen LogP contribution in [-0.4, -0.2) is 62.0 Å². The third kappa shape index (κ3) is 3.68. The first kappa shape index (κ1) is 22.5. The van der Waals surface area contributed by atoms with Crippen molar-refractivity contribution in [1.29, 1.82) is 0 Å². The van der Waals surface area contributed by atoms with E-state index in [1.54, 1.807) is 26.4 Å². The fourth-order valence-electron chi connectivity index (χ4n) is 5.62. The molecule has 0 saturated carbocycles. The lowest BCUT2D eigenvalue weighted by Crippen LogP contribution is -2.44. The molecule has 4 heterocycles. The maximum atomic E-state index is 13.2. The van der Waals surface area contributed by atoms with E-state index in [2.05, 4.69) is 0 Å². The van der Waals surface area contributed by atoms with Gasteiger partial charge in [0.15, 0.2) is 34.2 Å². The zero-order chi connectivity index (χ0) is 24.9. The number of para-hydroxylation sites is 2. The highest BCUT2D eigenvalue weighted by Crippen LogP contribution is 2.42. The third-order valence-electron chi connectivity index (χ3n) is 7.71. The molecule has 2 aliphatic heterocycles. The molecule has 6 rings (SSSR count). The van der Waals surface area contributed by atoms with E-state index >= 15 is 0 Å². The van der Waals surface area contributed by atoms with Gasteiger partial charge in [0.1, 0.15) is 0 Å². The molecule has 2 aromatic carbocycles. The lowest BCUT2D eigenvalue weighted by molar-refractivity contribution is 0.0538. The number of piperidine rings is 1. The van der Waals surface area contributed by atoms with E-state index in [1.807, 2.05) is 46.2 Å². The standard InChI is InChI=1S/C28H28N2O6/c1-33-20-7-3-5-18-15-22(35-24(18)20)26(31)29-12-9-28(10-13-29)11-14-30(17-28)27(32)23-16-19-6-4-8-21(34-2)25(19)36-23/h3-8,15-16H,9-14,17H2,1-2H3. The van der Waals surface area contributed by atoms with Crippen molar-refractivity contribution >= 4 is 33.8 Å². The highest BCUT2D eigenvalue weighted by molar-refractivity contribution is 5.98. The number of rotatable bonds is 4. The normalized spacial score (nSPS) is 17.3. The van der Waals surface area contributed by atoms with E-state index in [9.17, 15) is 9.59 Å². The maximum absolute atomic E-state index is 13.2. The number of ether oxygens (including phenoxy) is 2. The summed E-state index contributed by atoms with van der Waals surface area (Å²) >= 11 is 0. The second kappa shape index (κ2) is 8.62. The molecule has 2 amide bonds. The SMILES string of the molecule is COc1cccc2cc(C(=O)N3CCC4(CC3)CCN(C(=O)c3cc5cccc(OC)c5o3)C4)oc12. The monoisotopic (exact) mass is 488 g/mol. The second-order valence-corrected chi connectivity index (χ2v) is 9.75. The zero-order valence-electron chi connectivity index (χ0n) is 20.4. The van der Waals surface area contributed by atoms with Gasteiger partial charge in [0, 0.05) is 37.0 Å². The van der Waals surface area contributed by atoms with E-state index in [1.165, 1.54) is 0 Å². The average molecular weight is 489 g/mol. The first-order valence-corrected chi connectivity index (χ1v) is 12.2. The summed E-state index contributed by atoms with van der Waals surface area (Å²) in [6, 6.07) is 14.8. The van der Waals surface area contributed by atoms with Crippen LogP contribution in [0.3, 0.4) is 0 Å². The smallest absolute Gasteiger partial charge is 0.289 e. The van der Waals surface area contributed by atoms with Gasteiger partial charge in [-0.2, -0.15) is 0 Å². The van der Waals surface area contributed by atoms with Crippen molar-refractivity contribution in [2.75, 3.05) is 40.4 Å². The number of carbonyl (C=O) groups excluding carboxylic acids is 2. The molecule has 36 heavy (non-hydrogen) atoms. The average Bonchev–Trinajstić information content (AvgIpc) is 3.64. The number of furan rings is 2. The quantitative estimate of drug-likeness (QED) is 0.403. The van der Waals surface area contributed by atoms with Gasteiger partial charge in [-0.25, -0.2) is 0 Å². The molecule has 4 aromatic rings. The summed E-state index contributed by atoms with van der Waals surface area (Å²) < 4.78 is 22.5. The van der Waals surface area contributed by atoms with Gasteiger partial charge >= 0.3 is 0 Å². The van der Waals surface area contributed by atoms with E-state index in [4.69, 9.17) is 18.3 Å². The van der Waals surface area contributed by atoms with Crippen LogP contribution in [0.4, 0.5) is 0 Å². The molecule has 2 aliphatic rings. The minimum Gasteiger partial charge on any atom is -0.493 e. The van der Waals surface area contributed by atoms with Crippen molar-refractivity contribution in [1.82, 2.24) is 9.80 Å². The molecule has 0 unspecified atom stereocenters. The predicted molar refractivity (Wildman–Crippen MR) is 134 cm³/mol. The summed E-state index contributed by atoms with van der Waals surface area (Å²) in [6.45, 7) is 2.63. The van der Waals surface area contributed by atoms with Crippen LogP contribution in [0, 0.1) is 5.41 Å². The van der Waals surface area contributed by atoms with Crippen LogP contribution < -0.4 is 9.47 Å². The molecule has 8 heteroatoms. The molecular weight excluding hydrogens is 460 g/mol. The lowest BCUT2D eigenvalue weighted by atomic mass is 9.77. The number of hydrogen-bond donors (Lipinski definition) is 0. The molecule has 0 bridgehead atoms. The van der Waals surface area contributed by atoms with Crippen molar-refractivity contribution in [3.8, 4) is 11.5 Å². The van der Waals surface area contributed by atoms with Crippen LogP contribution in [0.5, 0.6) is 11.5 Å². The highest BCUT2D eigenvalue weighted by Gasteiger charge is 2.43. The number of methoxy groups -OCH3 is 2. The van der Waals surface area contributed by atoms with Crippen LogP contribution in [0.25, 0.3) is 21.9 Å². The number of benzene rings is 2. The van der Waals surface area contributed by atoms with Gasteiger partial charge in [-0.15, -0.1) is 0 Å². The molecule has 186 valence electrons. The minimum atomic E-state index is -0.106. The third-order valence-corrected chi connectivity index (χ3v) is 7.71. The number of hydrogen-bond acceptors (Lipinski definition) is 6. The van der Waals surface area contributed by atoms with Gasteiger partial charge < -0.3 is 28.1 Å². The van der Waals surface area contributed by atoms with Crippen LogP contribution in [0.1, 0.15) is 40.4 Å². The fourth-order valence-corrected chi connectivity index (χ4v) is 5.62. The Kier molecular flexibility index (Phi) is 5.39. The van der Waals surface area contributed by atoms with Crippen molar-refractivity contribution in [2.24, 2.45) is 5.41 Å². The minimum absolute atomic E-state index is 0.0211. The van der Waals surface area contributed by atoms with Gasteiger partial charge in [0.25, 0.3) is 11.8 Å². The van der Waals surface area contributed by atoms with Crippen LogP contribution in [0.2, 0.25) is 0 Å². The molecule has 1 spiro atoms. The Bertz CT molecular complexity index is 1460. The summed E-state index contributed by atoms with van der Waals surface area (Å²) in [4.78, 5) is 30.1. The van der Waals surface area contributed by atoms with Gasteiger partial charge in [-0.1, -0.05) is 24.3 Å². The topological polar surface area (TPSA) is 85.4 Å². The lowest BCUT2D eigenvalue weighted by Gasteiger charge is -2.38. The second-order valence-electron chi connectivity index (χ2n) is 9.75. The summed E-state index contributed by atoms with van der Waals surface area (Å²) in [5.41, 5.74) is 1.20. The van der Waals surface area contributed by atoms with Crippen molar-refractivity contribution in [3.05, 3.63) is 60.1 Å². The Morgan fingerprint density at radius 1 is 0.750 bits per heavy atom. The summed E-state index contributed by atoms with van der Waals surface area (Å²) in [6.07, 6.45) is 2.62. The fraction of sp³-hybridized carbons (Fsp3) is 0.357. The van der Waals surface area contributed by atoms with Gasteiger partial charge in [0.2, 0.25) is 0 Å².